The maximum atomic E-state index is 13.2. The molecule has 0 saturated carbocycles. The fourth-order valence-electron chi connectivity index (χ4n) is 11.5. The van der Waals surface area contributed by atoms with Crippen LogP contribution in [0, 0.1) is 0 Å². The van der Waals surface area contributed by atoms with Gasteiger partial charge in [-0.25, -0.2) is 0 Å². The number of carbonyl (C=O) groups is 1. The number of hydrogen-bond acceptors (Lipinski definition) is 8. The molecule has 0 aliphatic carbocycles. The van der Waals surface area contributed by atoms with Gasteiger partial charge in [0, 0.05) is 6.42 Å². The molecule has 7 unspecified atom stereocenters. The predicted molar refractivity (Wildman–Crippen MR) is 373 cm³/mol. The Kier molecular flexibility index (Phi) is 62.3. The number of hydrogen-bond donors (Lipinski definition) is 6. The fourth-order valence-corrected chi connectivity index (χ4v) is 11.5. The van der Waals surface area contributed by atoms with Crippen LogP contribution >= 0.6 is 0 Å². The Morgan fingerprint density at radius 2 is 0.713 bits per heavy atom. The van der Waals surface area contributed by atoms with Crippen molar-refractivity contribution in [3.63, 3.8) is 0 Å². The molecule has 9 nitrogen and oxygen atoms in total. The Bertz CT molecular complexity index is 1700. The first-order valence-corrected chi connectivity index (χ1v) is 36.9. The van der Waals surface area contributed by atoms with Gasteiger partial charge < -0.3 is 40.3 Å². The Hall–Kier alpha value is -2.89. The second-order valence-electron chi connectivity index (χ2n) is 25.4. The molecule has 7 atom stereocenters. The molecule has 1 heterocycles. The summed E-state index contributed by atoms with van der Waals surface area (Å²) < 4.78 is 11.4. The highest BCUT2D eigenvalue weighted by atomic mass is 16.7. The number of amides is 1. The first kappa shape index (κ1) is 82.1. The van der Waals surface area contributed by atoms with E-state index in [2.05, 4.69) is 116 Å². The molecule has 1 rings (SSSR count). The van der Waals surface area contributed by atoms with Crippen LogP contribution in [0.2, 0.25) is 0 Å². The number of aliphatic hydroxyl groups is 5. The van der Waals surface area contributed by atoms with E-state index in [9.17, 15) is 30.3 Å². The maximum Gasteiger partial charge on any atom is 0.220 e. The molecule has 504 valence electrons. The van der Waals surface area contributed by atoms with E-state index in [1.54, 1.807) is 0 Å². The first-order chi connectivity index (χ1) is 42.8. The van der Waals surface area contributed by atoms with E-state index >= 15 is 0 Å². The number of unbranched alkanes of at least 4 members (excludes halogenated alkanes) is 38. The van der Waals surface area contributed by atoms with Crippen molar-refractivity contribution in [2.75, 3.05) is 13.2 Å². The molecule has 0 bridgehead atoms. The molecule has 0 aromatic carbocycles. The Labute approximate surface area is 536 Å². The maximum absolute atomic E-state index is 13.2. The Balaban J connectivity index is 2.13. The smallest absolute Gasteiger partial charge is 0.220 e. The lowest BCUT2D eigenvalue weighted by Gasteiger charge is -2.40. The normalized spacial score (nSPS) is 18.5. The van der Waals surface area contributed by atoms with Crippen molar-refractivity contribution in [2.24, 2.45) is 0 Å². The van der Waals surface area contributed by atoms with Crippen molar-refractivity contribution in [1.29, 1.82) is 0 Å². The third kappa shape index (κ3) is 54.6. The summed E-state index contributed by atoms with van der Waals surface area (Å²) in [5.41, 5.74) is 0. The van der Waals surface area contributed by atoms with E-state index in [0.717, 1.165) is 109 Å². The number of rotatable bonds is 64. The summed E-state index contributed by atoms with van der Waals surface area (Å²) >= 11 is 0. The third-order valence-corrected chi connectivity index (χ3v) is 17.2. The van der Waals surface area contributed by atoms with Gasteiger partial charge in [-0.1, -0.05) is 349 Å². The van der Waals surface area contributed by atoms with Crippen molar-refractivity contribution in [3.05, 3.63) is 97.2 Å². The van der Waals surface area contributed by atoms with Crippen LogP contribution in [0.3, 0.4) is 0 Å². The standard InChI is InChI=1S/C78H139NO8/c1-3-5-7-9-11-13-15-17-19-21-23-25-27-29-31-33-35-36-38-39-41-43-45-47-49-51-53-55-57-59-61-63-65-67-72(81)71(70-86-78-77(85)76(84)75(83)73(69-80)87-78)79-74(82)68-66-64-62-60-58-56-54-52-50-48-46-44-42-40-37-34-32-30-28-26-24-22-20-18-16-14-12-10-8-6-4-2/h6,8,12,14,18,20,24,26,30,32,37,40,44,46,50,52,71-73,75-78,80-81,83-85H,3-5,7,9-11,13,15-17,19,21-23,25,27-29,31,33-36,38-39,41-43,45,47-49,51,53-70H2,1-2H3,(H,79,82)/b8-6-,14-12-,20-18-,26-24-,32-30-,40-37-,46-44-,52-50-. The lowest BCUT2D eigenvalue weighted by molar-refractivity contribution is -0.302. The number of ether oxygens (including phenoxy) is 2. The molecule has 6 N–H and O–H groups in total. The number of aliphatic hydroxyl groups excluding tert-OH is 5. The summed E-state index contributed by atoms with van der Waals surface area (Å²) in [6, 6.07) is -0.737. The van der Waals surface area contributed by atoms with Crippen LogP contribution in [0.4, 0.5) is 0 Å². The topological polar surface area (TPSA) is 149 Å². The van der Waals surface area contributed by atoms with Crippen LogP contribution in [0.25, 0.3) is 0 Å². The molecule has 0 aromatic rings. The molecule has 1 aliphatic heterocycles. The van der Waals surface area contributed by atoms with Crippen LogP contribution in [0.5, 0.6) is 0 Å². The molecule has 9 heteroatoms. The molecule has 1 saturated heterocycles. The van der Waals surface area contributed by atoms with Crippen molar-refractivity contribution in [3.8, 4) is 0 Å². The van der Waals surface area contributed by atoms with E-state index in [4.69, 9.17) is 9.47 Å². The molecule has 0 radical (unpaired) electrons. The zero-order valence-corrected chi connectivity index (χ0v) is 56.5. The summed E-state index contributed by atoms with van der Waals surface area (Å²) in [5.74, 6) is -0.158. The first-order valence-electron chi connectivity index (χ1n) is 36.9. The molecular formula is C78H139NO8. The van der Waals surface area contributed by atoms with Crippen LogP contribution in [-0.2, 0) is 14.3 Å². The van der Waals surface area contributed by atoms with Gasteiger partial charge in [-0.2, -0.15) is 0 Å². The van der Waals surface area contributed by atoms with Crippen LogP contribution in [0.15, 0.2) is 97.2 Å². The van der Waals surface area contributed by atoms with Gasteiger partial charge in [0.25, 0.3) is 0 Å². The van der Waals surface area contributed by atoms with Crippen LogP contribution < -0.4 is 5.32 Å². The quantitative estimate of drug-likeness (QED) is 0.0261. The zero-order chi connectivity index (χ0) is 62.8. The monoisotopic (exact) mass is 1220 g/mol. The Morgan fingerprint density at radius 3 is 1.06 bits per heavy atom. The minimum atomic E-state index is -1.56. The third-order valence-electron chi connectivity index (χ3n) is 17.2. The molecule has 0 aromatic heterocycles. The molecule has 1 amide bonds. The van der Waals surface area contributed by atoms with Crippen LogP contribution in [0.1, 0.15) is 335 Å². The van der Waals surface area contributed by atoms with E-state index in [-0.39, 0.29) is 12.5 Å². The number of carbonyl (C=O) groups excluding carboxylic acids is 1. The van der Waals surface area contributed by atoms with Gasteiger partial charge in [-0.15, -0.1) is 0 Å². The molecular weight excluding hydrogens is 1080 g/mol. The summed E-state index contributed by atoms with van der Waals surface area (Å²) in [5, 5.41) is 55.0. The largest absolute Gasteiger partial charge is 0.394 e. The highest BCUT2D eigenvalue weighted by molar-refractivity contribution is 5.76. The summed E-state index contributed by atoms with van der Waals surface area (Å²) in [7, 11) is 0. The summed E-state index contributed by atoms with van der Waals surface area (Å²) in [6.45, 7) is 3.75. The summed E-state index contributed by atoms with van der Waals surface area (Å²) in [4.78, 5) is 13.2. The van der Waals surface area contributed by atoms with Gasteiger partial charge in [0.1, 0.15) is 24.4 Å². The highest BCUT2D eigenvalue weighted by Crippen LogP contribution is 2.24. The van der Waals surface area contributed by atoms with E-state index < -0.39 is 49.5 Å². The zero-order valence-electron chi connectivity index (χ0n) is 56.5. The average Bonchev–Trinajstić information content (AvgIpc) is 3.47. The second kappa shape index (κ2) is 66.0. The highest BCUT2D eigenvalue weighted by Gasteiger charge is 2.44. The van der Waals surface area contributed by atoms with Crippen LogP contribution in [-0.4, -0.2) is 87.5 Å². The van der Waals surface area contributed by atoms with Crippen molar-refractivity contribution in [2.45, 2.75) is 378 Å². The van der Waals surface area contributed by atoms with Gasteiger partial charge in [-0.3, -0.25) is 4.79 Å². The molecule has 0 spiro atoms. The van der Waals surface area contributed by atoms with Crippen molar-refractivity contribution in [1.82, 2.24) is 5.32 Å². The SMILES string of the molecule is CC/C=C\C/C=C\C/C=C\C/C=C\C/C=C\C/C=C\C/C=C\C/C=C\CCCCCCCCC(=O)NC(COC1OC(CO)C(O)C(O)C1O)C(O)CCCCCCCCCCCCCCCCCCCCCCCCCCCCCCCCCCC. The second-order valence-corrected chi connectivity index (χ2v) is 25.4. The van der Waals surface area contributed by atoms with E-state index in [0.29, 0.717) is 12.8 Å². The molecule has 1 aliphatic rings. The molecule has 87 heavy (non-hydrogen) atoms. The average molecular weight is 1220 g/mol. The fraction of sp³-hybridized carbons (Fsp3) is 0.782. The number of allylic oxidation sites excluding steroid dienone is 16. The van der Waals surface area contributed by atoms with Gasteiger partial charge in [0.05, 0.1) is 25.4 Å². The van der Waals surface area contributed by atoms with Gasteiger partial charge in [-0.05, 0) is 77.0 Å². The number of nitrogens with one attached hydrogen (secondary N) is 1. The predicted octanol–water partition coefficient (Wildman–Crippen LogP) is 20.6. The summed E-state index contributed by atoms with van der Waals surface area (Å²) in [6.07, 6.45) is 89.1. The minimum Gasteiger partial charge on any atom is -0.394 e. The lowest BCUT2D eigenvalue weighted by atomic mass is 9.99. The molecule has 1 fully saturated rings. The van der Waals surface area contributed by atoms with Gasteiger partial charge in [0.2, 0.25) is 5.91 Å². The van der Waals surface area contributed by atoms with Crippen molar-refractivity contribution >= 4 is 5.91 Å². The van der Waals surface area contributed by atoms with Crippen molar-refractivity contribution < 1.29 is 39.8 Å². The lowest BCUT2D eigenvalue weighted by Crippen LogP contribution is -2.60. The Morgan fingerprint density at radius 1 is 0.402 bits per heavy atom. The minimum absolute atomic E-state index is 0.149. The van der Waals surface area contributed by atoms with Gasteiger partial charge in [0.15, 0.2) is 6.29 Å². The van der Waals surface area contributed by atoms with E-state index in [1.165, 1.54) is 199 Å². The van der Waals surface area contributed by atoms with E-state index in [1.807, 2.05) is 0 Å². The van der Waals surface area contributed by atoms with Gasteiger partial charge >= 0.3 is 0 Å².